The first-order valence-corrected chi connectivity index (χ1v) is 5.65. The van der Waals surface area contributed by atoms with Crippen molar-refractivity contribution >= 4 is 17.5 Å². The number of ether oxygens (including phenoxy) is 1. The van der Waals surface area contributed by atoms with Crippen molar-refractivity contribution < 1.29 is 9.26 Å². The lowest BCUT2D eigenvalue weighted by Crippen LogP contribution is -1.94. The number of anilines is 1. The lowest BCUT2D eigenvalue weighted by Gasteiger charge is -2.09. The van der Waals surface area contributed by atoms with Gasteiger partial charge in [0.2, 0.25) is 5.88 Å². The first kappa shape index (κ1) is 11.8. The summed E-state index contributed by atoms with van der Waals surface area (Å²) in [5.41, 5.74) is 8.06. The van der Waals surface area contributed by atoms with Crippen LogP contribution in [0.4, 0.5) is 5.88 Å². The van der Waals surface area contributed by atoms with E-state index in [9.17, 15) is 0 Å². The summed E-state index contributed by atoms with van der Waals surface area (Å²) in [5, 5.41) is 4.41. The van der Waals surface area contributed by atoms with E-state index in [-0.39, 0.29) is 5.88 Å². The quantitative estimate of drug-likeness (QED) is 0.911. The molecule has 0 saturated heterocycles. The molecule has 0 aliphatic carbocycles. The highest BCUT2D eigenvalue weighted by Crippen LogP contribution is 2.33. The zero-order valence-corrected chi connectivity index (χ0v) is 10.4. The first-order chi connectivity index (χ1) is 8.11. The zero-order valence-electron chi connectivity index (χ0n) is 9.66. The smallest absolute Gasteiger partial charge is 0.222 e. The van der Waals surface area contributed by atoms with Gasteiger partial charge in [-0.1, -0.05) is 16.8 Å². The van der Waals surface area contributed by atoms with Crippen LogP contribution < -0.4 is 10.5 Å². The van der Waals surface area contributed by atoms with Gasteiger partial charge in [0.1, 0.15) is 11.4 Å². The molecule has 0 radical (unpaired) electrons. The molecule has 0 spiro atoms. The van der Waals surface area contributed by atoms with Crippen molar-refractivity contribution in [1.29, 1.82) is 0 Å². The maximum absolute atomic E-state index is 6.12. The van der Waals surface area contributed by atoms with Crippen molar-refractivity contribution in [2.45, 2.75) is 13.8 Å². The van der Waals surface area contributed by atoms with E-state index in [4.69, 9.17) is 26.6 Å². The Morgan fingerprint density at radius 1 is 1.41 bits per heavy atom. The van der Waals surface area contributed by atoms with Gasteiger partial charge in [-0.05, 0) is 31.5 Å². The second kappa shape index (κ2) is 4.67. The highest BCUT2D eigenvalue weighted by molar-refractivity contribution is 6.32. The van der Waals surface area contributed by atoms with Crippen LogP contribution >= 0.6 is 11.6 Å². The van der Waals surface area contributed by atoms with E-state index in [0.717, 1.165) is 11.1 Å². The van der Waals surface area contributed by atoms with Crippen molar-refractivity contribution in [2.75, 3.05) is 12.3 Å². The topological polar surface area (TPSA) is 61.3 Å². The largest absolute Gasteiger partial charge is 0.492 e. The van der Waals surface area contributed by atoms with Crippen LogP contribution in [-0.2, 0) is 0 Å². The van der Waals surface area contributed by atoms with Crippen LogP contribution in [0, 0.1) is 6.92 Å². The van der Waals surface area contributed by atoms with Gasteiger partial charge in [-0.15, -0.1) is 0 Å². The summed E-state index contributed by atoms with van der Waals surface area (Å²) in [7, 11) is 0. The van der Waals surface area contributed by atoms with E-state index >= 15 is 0 Å². The minimum Gasteiger partial charge on any atom is -0.492 e. The third-order valence-electron chi connectivity index (χ3n) is 2.38. The third kappa shape index (κ3) is 2.36. The summed E-state index contributed by atoms with van der Waals surface area (Å²) < 4.78 is 10.3. The van der Waals surface area contributed by atoms with Gasteiger partial charge < -0.3 is 15.0 Å². The Kier molecular flexibility index (Phi) is 3.24. The molecule has 1 heterocycles. The van der Waals surface area contributed by atoms with E-state index in [0.29, 0.717) is 23.1 Å². The van der Waals surface area contributed by atoms with Gasteiger partial charge in [0.05, 0.1) is 11.6 Å². The monoisotopic (exact) mass is 252 g/mol. The number of nitrogens with zero attached hydrogens (tertiary/aromatic N) is 1. The molecular formula is C12H13ClN2O2. The van der Waals surface area contributed by atoms with Crippen molar-refractivity contribution in [1.82, 2.24) is 5.16 Å². The SMILES string of the molecule is CCOc1cc(C)c(-c2cc(N)on2)cc1Cl. The minimum atomic E-state index is 0.282. The second-order valence-corrected chi connectivity index (χ2v) is 4.05. The van der Waals surface area contributed by atoms with Gasteiger partial charge in [-0.2, -0.15) is 0 Å². The molecule has 0 atom stereocenters. The first-order valence-electron chi connectivity index (χ1n) is 5.27. The van der Waals surface area contributed by atoms with Crippen LogP contribution in [0.2, 0.25) is 5.02 Å². The number of nitrogens with two attached hydrogens (primary N) is 1. The summed E-state index contributed by atoms with van der Waals surface area (Å²) >= 11 is 6.12. The molecule has 1 aromatic carbocycles. The van der Waals surface area contributed by atoms with Crippen LogP contribution in [0.1, 0.15) is 12.5 Å². The molecule has 0 aliphatic heterocycles. The lowest BCUT2D eigenvalue weighted by molar-refractivity contribution is 0.340. The van der Waals surface area contributed by atoms with E-state index in [1.54, 1.807) is 12.1 Å². The fraction of sp³-hybridized carbons (Fsp3) is 0.250. The summed E-state index contributed by atoms with van der Waals surface area (Å²) in [6.45, 7) is 4.45. The summed E-state index contributed by atoms with van der Waals surface area (Å²) in [6.07, 6.45) is 0. The Bertz CT molecular complexity index is 537. The number of aromatic nitrogens is 1. The van der Waals surface area contributed by atoms with Crippen molar-refractivity contribution in [2.24, 2.45) is 0 Å². The number of hydrogen-bond donors (Lipinski definition) is 1. The molecule has 1 aromatic heterocycles. The molecule has 0 aliphatic rings. The van der Waals surface area contributed by atoms with E-state index in [1.807, 2.05) is 19.9 Å². The standard InChI is InChI=1S/C12H13ClN2O2/c1-3-16-11-4-7(2)8(5-9(11)13)10-6-12(14)17-15-10/h4-6H,3,14H2,1-2H3. The Balaban J connectivity index is 2.46. The van der Waals surface area contributed by atoms with Gasteiger partial charge >= 0.3 is 0 Å². The summed E-state index contributed by atoms with van der Waals surface area (Å²) in [6, 6.07) is 5.35. The van der Waals surface area contributed by atoms with Gasteiger partial charge in [-0.3, -0.25) is 0 Å². The molecule has 2 N–H and O–H groups in total. The number of aryl methyl sites for hydroxylation is 1. The zero-order chi connectivity index (χ0) is 12.4. The molecule has 0 unspecified atom stereocenters. The molecule has 4 nitrogen and oxygen atoms in total. The fourth-order valence-electron chi connectivity index (χ4n) is 1.61. The Morgan fingerprint density at radius 2 is 2.18 bits per heavy atom. The number of halogens is 1. The van der Waals surface area contributed by atoms with Crippen LogP contribution in [0.3, 0.4) is 0 Å². The number of hydrogen-bond acceptors (Lipinski definition) is 4. The minimum absolute atomic E-state index is 0.282. The normalized spacial score (nSPS) is 10.5. The second-order valence-electron chi connectivity index (χ2n) is 3.65. The lowest BCUT2D eigenvalue weighted by atomic mass is 10.1. The third-order valence-corrected chi connectivity index (χ3v) is 2.68. The highest BCUT2D eigenvalue weighted by atomic mass is 35.5. The van der Waals surface area contributed by atoms with E-state index in [2.05, 4.69) is 5.16 Å². The van der Waals surface area contributed by atoms with Gasteiger partial charge in [0, 0.05) is 11.6 Å². The van der Waals surface area contributed by atoms with Crippen LogP contribution in [0.15, 0.2) is 22.7 Å². The molecule has 2 aromatic rings. The van der Waals surface area contributed by atoms with Crippen molar-refractivity contribution in [3.63, 3.8) is 0 Å². The van der Waals surface area contributed by atoms with E-state index < -0.39 is 0 Å². The summed E-state index contributed by atoms with van der Waals surface area (Å²) in [4.78, 5) is 0. The number of benzene rings is 1. The van der Waals surface area contributed by atoms with E-state index in [1.165, 1.54) is 0 Å². The molecule has 2 rings (SSSR count). The average Bonchev–Trinajstić information content (AvgIpc) is 2.70. The highest BCUT2D eigenvalue weighted by Gasteiger charge is 2.11. The number of rotatable bonds is 3. The molecule has 90 valence electrons. The van der Waals surface area contributed by atoms with Gasteiger partial charge in [0.25, 0.3) is 0 Å². The predicted molar refractivity (Wildman–Crippen MR) is 67.3 cm³/mol. The Morgan fingerprint density at radius 3 is 2.76 bits per heavy atom. The molecule has 0 fully saturated rings. The molecule has 5 heteroatoms. The predicted octanol–water partition coefficient (Wildman–Crippen LogP) is 3.28. The summed E-state index contributed by atoms with van der Waals surface area (Å²) in [5.74, 6) is 0.955. The maximum Gasteiger partial charge on any atom is 0.222 e. The fourth-order valence-corrected chi connectivity index (χ4v) is 1.83. The van der Waals surface area contributed by atoms with Gasteiger partial charge in [0.15, 0.2) is 0 Å². The van der Waals surface area contributed by atoms with Crippen molar-refractivity contribution in [3.05, 3.63) is 28.8 Å². The van der Waals surface area contributed by atoms with Crippen LogP contribution in [0.25, 0.3) is 11.3 Å². The van der Waals surface area contributed by atoms with Crippen molar-refractivity contribution in [3.8, 4) is 17.0 Å². The van der Waals surface area contributed by atoms with Crippen LogP contribution in [0.5, 0.6) is 5.75 Å². The molecule has 0 amide bonds. The van der Waals surface area contributed by atoms with Gasteiger partial charge in [-0.25, -0.2) is 0 Å². The number of nitrogen functional groups attached to an aromatic ring is 1. The van der Waals surface area contributed by atoms with Crippen LogP contribution in [-0.4, -0.2) is 11.8 Å². The Hall–Kier alpha value is -1.68. The maximum atomic E-state index is 6.12. The molecule has 0 saturated carbocycles. The molecular weight excluding hydrogens is 240 g/mol. The Labute approximate surface area is 104 Å². The molecule has 0 bridgehead atoms. The molecule has 17 heavy (non-hydrogen) atoms. The average molecular weight is 253 g/mol.